The van der Waals surface area contributed by atoms with Gasteiger partial charge in [0.2, 0.25) is 0 Å². The summed E-state index contributed by atoms with van der Waals surface area (Å²) in [5.41, 5.74) is 3.21. The van der Waals surface area contributed by atoms with Crippen LogP contribution in [0.5, 0.6) is 0 Å². The van der Waals surface area contributed by atoms with Crippen molar-refractivity contribution in [3.8, 4) is 0 Å². The number of hydrogen-bond donors (Lipinski definition) is 1. The van der Waals surface area contributed by atoms with Gasteiger partial charge < -0.3 is 5.32 Å². The SMILES string of the molecule is C=Cc1cccc(CN2CCCC3(CCNC3)C2)c1. The van der Waals surface area contributed by atoms with E-state index in [0.29, 0.717) is 5.41 Å². The van der Waals surface area contributed by atoms with E-state index >= 15 is 0 Å². The largest absolute Gasteiger partial charge is 0.316 e. The van der Waals surface area contributed by atoms with E-state index in [1.54, 1.807) is 0 Å². The lowest BCUT2D eigenvalue weighted by atomic mass is 9.79. The van der Waals surface area contributed by atoms with Crippen LogP contribution in [0.15, 0.2) is 30.8 Å². The molecule has 0 bridgehead atoms. The minimum absolute atomic E-state index is 0.564. The molecule has 1 atom stereocenters. The molecule has 0 amide bonds. The second-order valence-electron chi connectivity index (χ2n) is 6.19. The Morgan fingerprint density at radius 2 is 2.32 bits per heavy atom. The molecule has 2 fully saturated rings. The van der Waals surface area contributed by atoms with E-state index in [4.69, 9.17) is 0 Å². The molecule has 1 spiro atoms. The highest BCUT2D eigenvalue weighted by Gasteiger charge is 2.37. The number of nitrogens with zero attached hydrogens (tertiary/aromatic N) is 1. The van der Waals surface area contributed by atoms with Crippen LogP contribution in [-0.4, -0.2) is 31.1 Å². The van der Waals surface area contributed by atoms with Crippen molar-refractivity contribution in [1.82, 2.24) is 10.2 Å². The Bertz CT molecular complexity index is 446. The van der Waals surface area contributed by atoms with Gasteiger partial charge in [0, 0.05) is 19.6 Å². The predicted molar refractivity (Wildman–Crippen MR) is 81.0 cm³/mol. The first kappa shape index (κ1) is 12.9. The van der Waals surface area contributed by atoms with Crippen LogP contribution in [0.3, 0.4) is 0 Å². The van der Waals surface area contributed by atoms with Crippen molar-refractivity contribution < 1.29 is 0 Å². The molecule has 2 nitrogen and oxygen atoms in total. The van der Waals surface area contributed by atoms with Gasteiger partial charge in [-0.25, -0.2) is 0 Å². The monoisotopic (exact) mass is 256 g/mol. The van der Waals surface area contributed by atoms with E-state index in [0.717, 1.165) is 6.54 Å². The highest BCUT2D eigenvalue weighted by atomic mass is 15.1. The van der Waals surface area contributed by atoms with Gasteiger partial charge in [-0.3, -0.25) is 4.90 Å². The fourth-order valence-corrected chi connectivity index (χ4v) is 3.67. The standard InChI is InChI=1S/C17H24N2/c1-2-15-5-3-6-16(11-15)12-19-10-4-7-17(14-19)8-9-18-13-17/h2-3,5-6,11,18H,1,4,7-10,12-14H2. The quantitative estimate of drug-likeness (QED) is 0.894. The Balaban J connectivity index is 1.67. The van der Waals surface area contributed by atoms with Crippen molar-refractivity contribution in [3.63, 3.8) is 0 Å². The molecule has 2 aliphatic heterocycles. The van der Waals surface area contributed by atoms with Crippen LogP contribution < -0.4 is 5.32 Å². The summed E-state index contributed by atoms with van der Waals surface area (Å²) in [6, 6.07) is 8.76. The summed E-state index contributed by atoms with van der Waals surface area (Å²) in [5, 5.41) is 3.55. The second-order valence-corrected chi connectivity index (χ2v) is 6.19. The molecular weight excluding hydrogens is 232 g/mol. The third-order valence-electron chi connectivity index (χ3n) is 4.67. The fourth-order valence-electron chi connectivity index (χ4n) is 3.67. The first-order valence-electron chi connectivity index (χ1n) is 7.44. The lowest BCUT2D eigenvalue weighted by Crippen LogP contribution is -2.43. The summed E-state index contributed by atoms with van der Waals surface area (Å²) in [6.07, 6.45) is 6.05. The topological polar surface area (TPSA) is 15.3 Å². The number of rotatable bonds is 3. The number of piperidine rings is 1. The molecule has 1 aromatic rings. The van der Waals surface area contributed by atoms with Crippen LogP contribution in [0.25, 0.3) is 6.08 Å². The molecular formula is C17H24N2. The molecule has 0 radical (unpaired) electrons. The molecule has 1 aromatic carbocycles. The molecule has 0 aliphatic carbocycles. The van der Waals surface area contributed by atoms with Gasteiger partial charge in [0.25, 0.3) is 0 Å². The van der Waals surface area contributed by atoms with Crippen molar-refractivity contribution in [1.29, 1.82) is 0 Å². The van der Waals surface area contributed by atoms with E-state index in [9.17, 15) is 0 Å². The summed E-state index contributed by atoms with van der Waals surface area (Å²) in [7, 11) is 0. The molecule has 0 aromatic heterocycles. The molecule has 2 heteroatoms. The normalized spacial score (nSPS) is 27.8. The zero-order valence-electron chi connectivity index (χ0n) is 11.7. The molecule has 19 heavy (non-hydrogen) atoms. The van der Waals surface area contributed by atoms with Gasteiger partial charge in [-0.05, 0) is 48.9 Å². The Morgan fingerprint density at radius 3 is 3.11 bits per heavy atom. The van der Waals surface area contributed by atoms with E-state index in [1.807, 2.05) is 6.08 Å². The zero-order chi connectivity index (χ0) is 13.1. The number of nitrogens with one attached hydrogen (secondary N) is 1. The van der Waals surface area contributed by atoms with Crippen LogP contribution in [0.4, 0.5) is 0 Å². The van der Waals surface area contributed by atoms with Crippen molar-refractivity contribution in [3.05, 3.63) is 42.0 Å². The number of hydrogen-bond acceptors (Lipinski definition) is 2. The average Bonchev–Trinajstić information content (AvgIpc) is 2.87. The lowest BCUT2D eigenvalue weighted by Gasteiger charge is -2.40. The summed E-state index contributed by atoms with van der Waals surface area (Å²) >= 11 is 0. The summed E-state index contributed by atoms with van der Waals surface area (Å²) in [4.78, 5) is 2.64. The second kappa shape index (κ2) is 5.48. The van der Waals surface area contributed by atoms with Gasteiger partial charge in [0.15, 0.2) is 0 Å². The molecule has 1 N–H and O–H groups in total. The molecule has 3 rings (SSSR count). The van der Waals surface area contributed by atoms with Crippen LogP contribution in [0, 0.1) is 5.41 Å². The first-order chi connectivity index (χ1) is 9.30. The molecule has 1 unspecified atom stereocenters. The number of likely N-dealkylation sites (tertiary alicyclic amines) is 1. The summed E-state index contributed by atoms with van der Waals surface area (Å²) < 4.78 is 0. The van der Waals surface area contributed by atoms with Crippen molar-refractivity contribution in [2.45, 2.75) is 25.8 Å². The molecule has 2 saturated heterocycles. The van der Waals surface area contributed by atoms with Crippen LogP contribution in [0.2, 0.25) is 0 Å². The average molecular weight is 256 g/mol. The van der Waals surface area contributed by atoms with Crippen LogP contribution >= 0.6 is 0 Å². The summed E-state index contributed by atoms with van der Waals surface area (Å²) in [5.74, 6) is 0. The van der Waals surface area contributed by atoms with Crippen LogP contribution in [-0.2, 0) is 6.54 Å². The molecule has 2 aliphatic rings. The lowest BCUT2D eigenvalue weighted by molar-refractivity contribution is 0.0978. The van der Waals surface area contributed by atoms with Gasteiger partial charge in [-0.1, -0.05) is 36.9 Å². The maximum Gasteiger partial charge on any atom is 0.0234 e. The van der Waals surface area contributed by atoms with Gasteiger partial charge in [-0.2, -0.15) is 0 Å². The number of benzene rings is 1. The van der Waals surface area contributed by atoms with Gasteiger partial charge in [0.1, 0.15) is 0 Å². The summed E-state index contributed by atoms with van der Waals surface area (Å²) in [6.45, 7) is 9.88. The molecule has 102 valence electrons. The molecule has 2 heterocycles. The van der Waals surface area contributed by atoms with Crippen molar-refractivity contribution in [2.75, 3.05) is 26.2 Å². The van der Waals surface area contributed by atoms with Crippen molar-refractivity contribution in [2.24, 2.45) is 5.41 Å². The minimum atomic E-state index is 0.564. The van der Waals surface area contributed by atoms with Gasteiger partial charge in [0.05, 0.1) is 0 Å². The Hall–Kier alpha value is -1.12. The van der Waals surface area contributed by atoms with E-state index in [1.165, 1.54) is 56.6 Å². The zero-order valence-corrected chi connectivity index (χ0v) is 11.7. The van der Waals surface area contributed by atoms with E-state index in [-0.39, 0.29) is 0 Å². The smallest absolute Gasteiger partial charge is 0.0234 e. The van der Waals surface area contributed by atoms with Crippen LogP contribution in [0.1, 0.15) is 30.4 Å². The Labute approximate surface area is 116 Å². The predicted octanol–water partition coefficient (Wildman–Crippen LogP) is 2.91. The first-order valence-corrected chi connectivity index (χ1v) is 7.44. The minimum Gasteiger partial charge on any atom is -0.316 e. The maximum atomic E-state index is 3.85. The van der Waals surface area contributed by atoms with Gasteiger partial charge in [-0.15, -0.1) is 0 Å². The Kier molecular flexibility index (Phi) is 3.72. The van der Waals surface area contributed by atoms with Crippen molar-refractivity contribution >= 4 is 6.08 Å². The highest BCUT2D eigenvalue weighted by molar-refractivity contribution is 5.47. The fraction of sp³-hybridized carbons (Fsp3) is 0.529. The molecule has 0 saturated carbocycles. The maximum absolute atomic E-state index is 3.85. The third-order valence-corrected chi connectivity index (χ3v) is 4.67. The third kappa shape index (κ3) is 2.90. The Morgan fingerprint density at radius 1 is 1.37 bits per heavy atom. The highest BCUT2D eigenvalue weighted by Crippen LogP contribution is 2.35. The van der Waals surface area contributed by atoms with E-state index < -0.39 is 0 Å². The van der Waals surface area contributed by atoms with E-state index in [2.05, 4.69) is 41.1 Å². The van der Waals surface area contributed by atoms with Gasteiger partial charge >= 0.3 is 0 Å².